The number of carboxylic acid groups (broad SMARTS) is 1. The summed E-state index contributed by atoms with van der Waals surface area (Å²) in [5.74, 6) is -1.18. The first kappa shape index (κ1) is 36.5. The minimum atomic E-state index is -1.05. The molecule has 0 saturated carbocycles. The van der Waals surface area contributed by atoms with Crippen LogP contribution in [0.15, 0.2) is 91.0 Å². The molecule has 11 heteroatoms. The number of esters is 2. The van der Waals surface area contributed by atoms with Gasteiger partial charge in [0.15, 0.2) is 0 Å². The van der Waals surface area contributed by atoms with E-state index in [0.29, 0.717) is 17.2 Å². The molecular formula is C23H26O11. The number of phenolic OH excluding ortho intramolecular Hbond substituents is 1. The van der Waals surface area contributed by atoms with Crippen LogP contribution < -0.4 is 9.47 Å². The summed E-state index contributed by atoms with van der Waals surface area (Å²) in [5.41, 5.74) is 0. The Kier molecular flexibility index (Phi) is 26.3. The van der Waals surface area contributed by atoms with Gasteiger partial charge in [-0.2, -0.15) is 9.59 Å². The number of rotatable bonds is 2. The van der Waals surface area contributed by atoms with Gasteiger partial charge in [0.25, 0.3) is 6.47 Å². The van der Waals surface area contributed by atoms with Crippen LogP contribution in [-0.4, -0.2) is 45.7 Å². The third kappa shape index (κ3) is 19.2. The predicted octanol–water partition coefficient (Wildman–Crippen LogP) is 1.69. The Bertz CT molecular complexity index is 873. The fourth-order valence-electron chi connectivity index (χ4n) is 1.70. The van der Waals surface area contributed by atoms with Crippen LogP contribution in [0.25, 0.3) is 0 Å². The Morgan fingerprint density at radius 1 is 0.676 bits per heavy atom. The Morgan fingerprint density at radius 2 is 0.912 bits per heavy atom. The Hall–Kier alpha value is -4.83. The lowest BCUT2D eigenvalue weighted by Gasteiger charge is -2.04. The average Bonchev–Trinajstić information content (AvgIpc) is 2.77. The summed E-state index contributed by atoms with van der Waals surface area (Å²) in [7, 11) is 0. The number of aromatic hydroxyl groups is 1. The zero-order valence-corrected chi connectivity index (χ0v) is 17.0. The van der Waals surface area contributed by atoms with Crippen LogP contribution in [-0.2, 0) is 24.0 Å². The third-order valence-electron chi connectivity index (χ3n) is 2.83. The molecule has 0 aromatic heterocycles. The maximum absolute atomic E-state index is 11.4. The molecule has 0 bridgehead atoms. The third-order valence-corrected chi connectivity index (χ3v) is 2.83. The molecule has 0 radical (unpaired) electrons. The molecule has 0 aliphatic rings. The van der Waals surface area contributed by atoms with E-state index in [9.17, 15) is 9.59 Å². The van der Waals surface area contributed by atoms with Crippen LogP contribution in [0.1, 0.15) is 7.43 Å². The molecule has 0 atom stereocenters. The highest BCUT2D eigenvalue weighted by Crippen LogP contribution is 2.11. The molecule has 0 heterocycles. The quantitative estimate of drug-likeness (QED) is 0.237. The second kappa shape index (κ2) is 24.4. The fraction of sp³-hybridized carbons (Fsp3) is 0.0435. The van der Waals surface area contributed by atoms with Crippen molar-refractivity contribution in [3.8, 4) is 17.2 Å². The zero-order valence-electron chi connectivity index (χ0n) is 17.0. The van der Waals surface area contributed by atoms with Gasteiger partial charge in [0.2, 0.25) is 0 Å². The lowest BCUT2D eigenvalue weighted by molar-refractivity contribution is -0.191. The number of benzene rings is 3. The van der Waals surface area contributed by atoms with E-state index in [2.05, 4.69) is 0 Å². The minimum absolute atomic E-state index is 0. The molecule has 0 saturated heterocycles. The second-order valence-electron chi connectivity index (χ2n) is 4.93. The standard InChI is InChI=1S/C14H10O4.C6H6O.CH2O2.CO2.CH4.2H2O/c15-13(17-11-7-3-1-4-8-11)14(16)18-12-9-5-2-6-10-12;7-6-4-2-1-3-5-6;2*2-1-3;;;/h1-10H;1-5,7H;1H,(H,2,3);;1H4;2*1H2. The largest absolute Gasteiger partial charge is 0.508 e. The number of para-hydroxylation sites is 3. The normalized spacial score (nSPS) is 7.41. The van der Waals surface area contributed by atoms with Crippen LogP contribution >= 0.6 is 0 Å². The Labute approximate surface area is 195 Å². The van der Waals surface area contributed by atoms with Gasteiger partial charge in [0, 0.05) is 0 Å². The monoisotopic (exact) mass is 478 g/mol. The van der Waals surface area contributed by atoms with Crippen molar-refractivity contribution in [2.75, 3.05) is 0 Å². The minimum Gasteiger partial charge on any atom is -0.508 e. The van der Waals surface area contributed by atoms with Crippen LogP contribution in [0, 0.1) is 0 Å². The lowest BCUT2D eigenvalue weighted by Crippen LogP contribution is -2.25. The average molecular weight is 478 g/mol. The van der Waals surface area contributed by atoms with E-state index in [4.69, 9.17) is 34.1 Å². The summed E-state index contributed by atoms with van der Waals surface area (Å²) < 4.78 is 9.67. The van der Waals surface area contributed by atoms with E-state index in [-0.39, 0.29) is 31.0 Å². The number of hydrogen-bond acceptors (Lipinski definition) is 8. The zero-order chi connectivity index (χ0) is 23.3. The Morgan fingerprint density at radius 3 is 1.12 bits per heavy atom. The van der Waals surface area contributed by atoms with Gasteiger partial charge in [0.05, 0.1) is 0 Å². The molecule has 184 valence electrons. The van der Waals surface area contributed by atoms with Gasteiger partial charge >= 0.3 is 18.1 Å². The summed E-state index contributed by atoms with van der Waals surface area (Å²) in [6, 6.07) is 25.4. The molecule has 0 spiro atoms. The van der Waals surface area contributed by atoms with Crippen molar-refractivity contribution in [2.24, 2.45) is 0 Å². The predicted molar refractivity (Wildman–Crippen MR) is 120 cm³/mol. The number of carbonyl (C=O) groups is 3. The van der Waals surface area contributed by atoms with Crippen LogP contribution in [0.5, 0.6) is 17.2 Å². The van der Waals surface area contributed by atoms with E-state index in [1.54, 1.807) is 84.9 Å². The topological polar surface area (TPSA) is 207 Å². The molecular weight excluding hydrogens is 452 g/mol. The van der Waals surface area contributed by atoms with Crippen molar-refractivity contribution in [3.05, 3.63) is 91.0 Å². The Balaban J connectivity index is -0.000000236. The van der Waals surface area contributed by atoms with Gasteiger partial charge in [-0.05, 0) is 36.4 Å². The highest BCUT2D eigenvalue weighted by molar-refractivity contribution is 6.31. The van der Waals surface area contributed by atoms with E-state index in [1.807, 2.05) is 6.07 Å². The van der Waals surface area contributed by atoms with Crippen molar-refractivity contribution in [1.82, 2.24) is 0 Å². The number of phenols is 1. The molecule has 3 aromatic carbocycles. The molecule has 0 aliphatic carbocycles. The smallest absolute Gasteiger partial charge is 0.423 e. The second-order valence-corrected chi connectivity index (χ2v) is 4.93. The summed E-state index contributed by atoms with van der Waals surface area (Å²) in [6.07, 6.45) is 0.250. The van der Waals surface area contributed by atoms with Crippen LogP contribution in [0.2, 0.25) is 0 Å². The number of hydrogen-bond donors (Lipinski definition) is 2. The highest BCUT2D eigenvalue weighted by atomic mass is 16.6. The van der Waals surface area contributed by atoms with Gasteiger partial charge in [0.1, 0.15) is 17.2 Å². The van der Waals surface area contributed by atoms with Crippen LogP contribution in [0.3, 0.4) is 0 Å². The summed E-state index contributed by atoms with van der Waals surface area (Å²) in [5, 5.41) is 15.5. The molecule has 3 rings (SSSR count). The first-order chi connectivity index (χ1) is 15.0. The molecule has 34 heavy (non-hydrogen) atoms. The molecule has 3 aromatic rings. The maximum Gasteiger partial charge on any atom is 0.423 e. The maximum atomic E-state index is 11.4. The molecule has 0 aliphatic heterocycles. The fourth-order valence-corrected chi connectivity index (χ4v) is 1.70. The number of carbonyl (C=O) groups excluding carboxylic acids is 4. The summed E-state index contributed by atoms with van der Waals surface area (Å²) >= 11 is 0. The molecule has 0 unspecified atom stereocenters. The lowest BCUT2D eigenvalue weighted by atomic mass is 10.3. The van der Waals surface area contributed by atoms with E-state index in [0.717, 1.165) is 0 Å². The molecule has 6 N–H and O–H groups in total. The SMILES string of the molecule is C.O.O.O=C(Oc1ccccc1)C(=O)Oc1ccccc1.O=C=O.O=CO.Oc1ccccc1. The molecule has 0 fully saturated rings. The summed E-state index contributed by atoms with van der Waals surface area (Å²) in [6.45, 7) is -0.250. The van der Waals surface area contributed by atoms with Crippen molar-refractivity contribution in [3.63, 3.8) is 0 Å². The highest BCUT2D eigenvalue weighted by Gasteiger charge is 2.18. The first-order valence-corrected chi connectivity index (χ1v) is 8.33. The van der Waals surface area contributed by atoms with Gasteiger partial charge in [-0.1, -0.05) is 62.0 Å². The van der Waals surface area contributed by atoms with E-state index >= 15 is 0 Å². The summed E-state index contributed by atoms with van der Waals surface area (Å²) in [4.78, 5) is 47.5. The van der Waals surface area contributed by atoms with E-state index < -0.39 is 11.9 Å². The molecule has 0 amide bonds. The van der Waals surface area contributed by atoms with Crippen molar-refractivity contribution in [2.45, 2.75) is 7.43 Å². The first-order valence-electron chi connectivity index (χ1n) is 8.33. The molecule has 11 nitrogen and oxygen atoms in total. The van der Waals surface area contributed by atoms with E-state index in [1.165, 1.54) is 0 Å². The van der Waals surface area contributed by atoms with Gasteiger partial charge in [-0.25, -0.2) is 9.59 Å². The van der Waals surface area contributed by atoms with Crippen molar-refractivity contribution < 1.29 is 54.6 Å². The van der Waals surface area contributed by atoms with Gasteiger partial charge in [-0.3, -0.25) is 4.79 Å². The van der Waals surface area contributed by atoms with Gasteiger partial charge in [-0.15, -0.1) is 0 Å². The number of ether oxygens (including phenoxy) is 2. The van der Waals surface area contributed by atoms with Crippen molar-refractivity contribution >= 4 is 24.6 Å². The van der Waals surface area contributed by atoms with Crippen molar-refractivity contribution in [1.29, 1.82) is 0 Å². The van der Waals surface area contributed by atoms with Gasteiger partial charge < -0.3 is 30.6 Å². The van der Waals surface area contributed by atoms with Crippen LogP contribution in [0.4, 0.5) is 0 Å².